The lowest BCUT2D eigenvalue weighted by Crippen LogP contribution is -2.29. The average Bonchev–Trinajstić information content (AvgIpc) is 3.48. The minimum Gasteiger partial charge on any atom is -0.391 e. The van der Waals surface area contributed by atoms with E-state index in [9.17, 15) is 14.7 Å². The first-order chi connectivity index (χ1) is 23.8. The molecule has 2 aliphatic rings. The smallest absolute Gasteiger partial charge is 0.214 e. The summed E-state index contributed by atoms with van der Waals surface area (Å²) in [6, 6.07) is 8.29. The topological polar surface area (TPSA) is 108 Å². The minimum absolute atomic E-state index is 0.109. The van der Waals surface area contributed by atoms with E-state index in [1.807, 2.05) is 25.1 Å². The predicted octanol–water partition coefficient (Wildman–Crippen LogP) is 9.42. The number of aliphatic hydroxyl groups excluding tert-OH is 1. The van der Waals surface area contributed by atoms with Crippen LogP contribution in [0.1, 0.15) is 138 Å². The van der Waals surface area contributed by atoms with E-state index in [0.717, 1.165) is 31.5 Å². The number of unbranched alkanes of at least 4 members (excludes halogenated alkanes) is 2. The molecule has 0 bridgehead atoms. The Balaban J connectivity index is 0.000000719. The van der Waals surface area contributed by atoms with Crippen molar-refractivity contribution >= 4 is 40.7 Å². The Bertz CT molecular complexity index is 1130. The second kappa shape index (κ2) is 29.4. The summed E-state index contributed by atoms with van der Waals surface area (Å²) in [6.07, 6.45) is 15.2. The molecule has 9 heteroatoms. The van der Waals surface area contributed by atoms with Crippen molar-refractivity contribution in [3.05, 3.63) is 63.7 Å². The normalized spacial score (nSPS) is 15.0. The number of aliphatic hydroxyl groups is 1. The number of hydrogen-bond acceptors (Lipinski definition) is 7. The average molecular weight is 733 g/mol. The molecule has 1 aromatic rings. The van der Waals surface area contributed by atoms with Gasteiger partial charge in [0.15, 0.2) is 0 Å². The van der Waals surface area contributed by atoms with E-state index in [2.05, 4.69) is 99.0 Å². The number of benzene rings is 1. The van der Waals surface area contributed by atoms with Crippen LogP contribution in [0.25, 0.3) is 4.91 Å². The number of hydrogen-bond donors (Lipinski definition) is 4. The molecule has 0 spiro atoms. The standard InChI is InChI=1S/C16H29NOS.C15H19NOS.C8H19N.C2H5NO/c1-4-10-19-16(2,3)11-15(13-6-5-7-13)17-9-8-14(18)12-17;1-4-9-18-15(12(2)3)14-7-5-13(6-8-14)10-16-11-17;1-3-5-6-8-9-7-4-2;1-2(3)4/h14,18H,4-12H2,1-3H3;4-9,11H,10H2,1-3H3,(H,16,17);9H,3-8H2,1-2H3;1H3,(H2,3,4)/b;9-4-;;. The summed E-state index contributed by atoms with van der Waals surface area (Å²) in [5.74, 6) is 0.915. The number of amides is 2. The van der Waals surface area contributed by atoms with Gasteiger partial charge in [-0.05, 0) is 101 Å². The Morgan fingerprint density at radius 3 is 2.16 bits per heavy atom. The molecule has 1 saturated carbocycles. The highest BCUT2D eigenvalue weighted by Gasteiger charge is 2.30. The fourth-order valence-electron chi connectivity index (χ4n) is 5.27. The fraction of sp³-hybridized carbons (Fsp3) is 0.659. The van der Waals surface area contributed by atoms with Crippen LogP contribution in [0.4, 0.5) is 0 Å². The Kier molecular flexibility index (Phi) is 28.1. The van der Waals surface area contributed by atoms with Crippen LogP contribution >= 0.6 is 23.5 Å². The van der Waals surface area contributed by atoms with Gasteiger partial charge in [0.1, 0.15) is 0 Å². The number of rotatable bonds is 18. The van der Waals surface area contributed by atoms with Crippen molar-refractivity contribution < 1.29 is 14.7 Å². The van der Waals surface area contributed by atoms with Gasteiger partial charge in [-0.25, -0.2) is 0 Å². The van der Waals surface area contributed by atoms with Crippen LogP contribution in [0.2, 0.25) is 0 Å². The number of carbonyl (C=O) groups excluding carboxylic acids is 2. The van der Waals surface area contributed by atoms with Crippen molar-refractivity contribution in [2.24, 2.45) is 5.73 Å². The highest BCUT2D eigenvalue weighted by atomic mass is 32.2. The summed E-state index contributed by atoms with van der Waals surface area (Å²) in [6.45, 7) is 23.9. The molecule has 286 valence electrons. The molecule has 1 aliphatic carbocycles. The lowest BCUT2D eigenvalue weighted by Gasteiger charge is -2.35. The predicted molar refractivity (Wildman–Crippen MR) is 222 cm³/mol. The van der Waals surface area contributed by atoms with Crippen molar-refractivity contribution in [2.45, 2.75) is 144 Å². The number of nitrogens with two attached hydrogens (primary N) is 1. The number of nitrogens with zero attached hydrogens (tertiary/aromatic N) is 1. The SMILES string of the molecule is C/C=C\SC(=C(C)C)c1ccc(CNC=O)cc1.CC(N)=O.CCCCCNCCC.CCCSC(C)(C)CC(=C1CCC1)N1CCC(O)C1. The van der Waals surface area contributed by atoms with E-state index < -0.39 is 0 Å². The summed E-state index contributed by atoms with van der Waals surface area (Å²) in [4.78, 5) is 23.2. The van der Waals surface area contributed by atoms with E-state index in [1.54, 1.807) is 23.0 Å². The highest BCUT2D eigenvalue weighted by molar-refractivity contribution is 8.10. The van der Waals surface area contributed by atoms with Gasteiger partial charge < -0.3 is 26.4 Å². The van der Waals surface area contributed by atoms with Crippen LogP contribution in [0.15, 0.2) is 52.6 Å². The first-order valence-corrected chi connectivity index (χ1v) is 20.7. The molecule has 50 heavy (non-hydrogen) atoms. The second-order valence-electron chi connectivity index (χ2n) is 13.8. The summed E-state index contributed by atoms with van der Waals surface area (Å²) >= 11 is 3.83. The number of nitrogens with one attached hydrogen (secondary N) is 2. The third kappa shape index (κ3) is 23.3. The molecule has 3 rings (SSSR count). The van der Waals surface area contributed by atoms with Gasteiger partial charge in [-0.15, -0.1) is 0 Å². The van der Waals surface area contributed by atoms with Crippen molar-refractivity contribution in [3.63, 3.8) is 0 Å². The maximum atomic E-state index is 10.2. The molecule has 1 saturated heterocycles. The van der Waals surface area contributed by atoms with Crippen LogP contribution in [0.3, 0.4) is 0 Å². The van der Waals surface area contributed by atoms with E-state index in [0.29, 0.717) is 11.3 Å². The lowest BCUT2D eigenvalue weighted by atomic mass is 9.87. The zero-order valence-corrected chi connectivity index (χ0v) is 34.7. The molecule has 1 aromatic carbocycles. The van der Waals surface area contributed by atoms with Crippen molar-refractivity contribution in [1.29, 1.82) is 0 Å². The number of thioether (sulfide) groups is 2. The molecule has 1 atom stereocenters. The van der Waals surface area contributed by atoms with E-state index in [4.69, 9.17) is 0 Å². The Hall–Kier alpha value is -2.20. The molecule has 5 N–H and O–H groups in total. The molecule has 0 aromatic heterocycles. The fourth-order valence-corrected chi connectivity index (χ4v) is 7.04. The number of β-amino-alcohol motifs (C(OH)–C–C–N with tert-alkyl or cyclic N) is 1. The van der Waals surface area contributed by atoms with Crippen molar-refractivity contribution in [3.8, 4) is 0 Å². The Morgan fingerprint density at radius 2 is 1.70 bits per heavy atom. The van der Waals surface area contributed by atoms with E-state index in [-0.39, 0.29) is 12.0 Å². The first kappa shape index (κ1) is 47.8. The van der Waals surface area contributed by atoms with Gasteiger partial charge >= 0.3 is 0 Å². The first-order valence-electron chi connectivity index (χ1n) is 18.8. The third-order valence-corrected chi connectivity index (χ3v) is 10.8. The molecule has 1 unspecified atom stereocenters. The zero-order chi connectivity index (χ0) is 37.8. The number of primary amides is 1. The molecule has 1 heterocycles. The van der Waals surface area contributed by atoms with Gasteiger partial charge in [-0.2, -0.15) is 11.8 Å². The molecular weight excluding hydrogens is 661 g/mol. The van der Waals surface area contributed by atoms with Crippen LogP contribution < -0.4 is 16.4 Å². The zero-order valence-electron chi connectivity index (χ0n) is 33.0. The lowest BCUT2D eigenvalue weighted by molar-refractivity contribution is -0.116. The summed E-state index contributed by atoms with van der Waals surface area (Å²) < 4.78 is 0.321. The van der Waals surface area contributed by atoms with Crippen LogP contribution in [0, 0.1) is 0 Å². The minimum atomic E-state index is -0.333. The number of likely N-dealkylation sites (tertiary alicyclic amines) is 1. The van der Waals surface area contributed by atoms with Gasteiger partial charge in [0.05, 0.1) is 6.10 Å². The van der Waals surface area contributed by atoms with Gasteiger partial charge in [0.25, 0.3) is 0 Å². The molecule has 2 amide bonds. The molecule has 7 nitrogen and oxygen atoms in total. The summed E-state index contributed by atoms with van der Waals surface area (Å²) in [7, 11) is 0. The quantitative estimate of drug-likeness (QED) is 0.0880. The van der Waals surface area contributed by atoms with Gasteiger partial charge in [-0.1, -0.05) is 101 Å². The Labute approximate surface area is 315 Å². The van der Waals surface area contributed by atoms with Gasteiger partial charge in [0, 0.05) is 48.3 Å². The summed E-state index contributed by atoms with van der Waals surface area (Å²) in [5, 5.41) is 17.9. The maximum absolute atomic E-state index is 10.2. The Morgan fingerprint density at radius 1 is 1.04 bits per heavy atom. The van der Waals surface area contributed by atoms with Crippen molar-refractivity contribution in [2.75, 3.05) is 31.9 Å². The van der Waals surface area contributed by atoms with Gasteiger partial charge in [-0.3, -0.25) is 9.59 Å². The summed E-state index contributed by atoms with van der Waals surface area (Å²) in [5.41, 5.74) is 11.3. The van der Waals surface area contributed by atoms with Gasteiger partial charge in [0.2, 0.25) is 12.3 Å². The highest BCUT2D eigenvalue weighted by Crippen LogP contribution is 2.39. The van der Waals surface area contributed by atoms with E-state index in [1.165, 1.54) is 99.6 Å². The van der Waals surface area contributed by atoms with E-state index >= 15 is 0 Å². The largest absolute Gasteiger partial charge is 0.391 e. The maximum Gasteiger partial charge on any atom is 0.214 e. The molecule has 0 radical (unpaired) electrons. The van der Waals surface area contributed by atoms with Crippen LogP contribution in [-0.4, -0.2) is 65.1 Å². The number of allylic oxidation sites excluding steroid dienone is 4. The van der Waals surface area contributed by atoms with Crippen molar-refractivity contribution in [1.82, 2.24) is 15.5 Å². The monoisotopic (exact) mass is 733 g/mol. The number of carbonyl (C=O) groups is 2. The molecular formula is C41H72N4O3S2. The molecule has 2 fully saturated rings. The second-order valence-corrected chi connectivity index (χ2v) is 16.5. The third-order valence-electron chi connectivity index (χ3n) is 7.97. The molecule has 1 aliphatic heterocycles. The van der Waals surface area contributed by atoms with Crippen LogP contribution in [0.5, 0.6) is 0 Å². The van der Waals surface area contributed by atoms with Crippen LogP contribution in [-0.2, 0) is 16.1 Å².